The zero-order chi connectivity index (χ0) is 22.6. The molecule has 0 unspecified atom stereocenters. The first-order valence-corrected chi connectivity index (χ1v) is 10.5. The summed E-state index contributed by atoms with van der Waals surface area (Å²) in [5.74, 6) is -1.32. The summed E-state index contributed by atoms with van der Waals surface area (Å²) < 4.78 is 37.0. The normalized spacial score (nSPS) is 21.3. The van der Waals surface area contributed by atoms with Crippen molar-refractivity contribution in [1.82, 2.24) is 10.2 Å². The van der Waals surface area contributed by atoms with Gasteiger partial charge in [-0.25, -0.2) is 8.78 Å². The summed E-state index contributed by atoms with van der Waals surface area (Å²) in [6, 6.07) is 11.2. The summed E-state index contributed by atoms with van der Waals surface area (Å²) >= 11 is 0. The Bertz CT molecular complexity index is 1020. The molecule has 0 bridgehead atoms. The van der Waals surface area contributed by atoms with Crippen LogP contribution in [0.4, 0.5) is 14.5 Å². The number of amides is 1. The molecule has 1 atom stereocenters. The molecule has 2 aliphatic rings. The molecule has 9 heteroatoms. The minimum Gasteiger partial charge on any atom is -0.484 e. The SMILES string of the molecule is COCCN=C1Nc2ccccc2CN[C@]12CCN(C(=O)COc1ccc(F)c(F)c1)C2. The van der Waals surface area contributed by atoms with Gasteiger partial charge in [0.2, 0.25) is 0 Å². The van der Waals surface area contributed by atoms with Crippen molar-refractivity contribution in [2.45, 2.75) is 18.5 Å². The van der Waals surface area contributed by atoms with Crippen molar-refractivity contribution in [3.63, 3.8) is 0 Å². The number of nitrogens with zero attached hydrogens (tertiary/aromatic N) is 2. The fourth-order valence-corrected chi connectivity index (χ4v) is 3.99. The van der Waals surface area contributed by atoms with Crippen molar-refractivity contribution in [3.8, 4) is 5.75 Å². The standard InChI is InChI=1S/C23H26F2N4O3/c1-31-11-9-26-22-23(27-13-16-4-2-3-5-20(16)28-22)8-10-29(15-23)21(30)14-32-17-6-7-18(24)19(25)12-17/h2-7,12,27H,8-11,13-15H2,1H3,(H,26,28)/t23-/m0/s1. The second-order valence-corrected chi connectivity index (χ2v) is 7.87. The molecule has 4 rings (SSSR count). The molecule has 2 aliphatic heterocycles. The molecule has 2 heterocycles. The van der Waals surface area contributed by atoms with Crippen LogP contribution in [-0.4, -0.2) is 62.1 Å². The first-order chi connectivity index (χ1) is 15.5. The van der Waals surface area contributed by atoms with Crippen molar-refractivity contribution < 1.29 is 23.0 Å². The van der Waals surface area contributed by atoms with Gasteiger partial charge in [-0.15, -0.1) is 0 Å². The third kappa shape index (κ3) is 4.73. The monoisotopic (exact) mass is 444 g/mol. The van der Waals surface area contributed by atoms with Gasteiger partial charge >= 0.3 is 0 Å². The van der Waals surface area contributed by atoms with Gasteiger partial charge < -0.3 is 19.7 Å². The average Bonchev–Trinajstić information content (AvgIpc) is 3.17. The van der Waals surface area contributed by atoms with Crippen LogP contribution in [0.15, 0.2) is 47.5 Å². The van der Waals surface area contributed by atoms with E-state index in [2.05, 4.69) is 16.7 Å². The zero-order valence-electron chi connectivity index (χ0n) is 17.9. The third-order valence-corrected chi connectivity index (χ3v) is 5.78. The van der Waals surface area contributed by atoms with Gasteiger partial charge in [0.05, 0.1) is 18.7 Å². The lowest BCUT2D eigenvalue weighted by Crippen LogP contribution is -2.55. The van der Waals surface area contributed by atoms with Crippen LogP contribution in [0.2, 0.25) is 0 Å². The van der Waals surface area contributed by atoms with E-state index in [0.29, 0.717) is 39.2 Å². The number of benzene rings is 2. The molecule has 1 saturated heterocycles. The van der Waals surface area contributed by atoms with E-state index >= 15 is 0 Å². The Balaban J connectivity index is 1.47. The number of para-hydroxylation sites is 1. The van der Waals surface area contributed by atoms with E-state index in [1.54, 1.807) is 12.0 Å². The topological polar surface area (TPSA) is 75.2 Å². The predicted molar refractivity (Wildman–Crippen MR) is 117 cm³/mol. The molecule has 32 heavy (non-hydrogen) atoms. The second kappa shape index (κ2) is 9.62. The Labute approximate surface area is 185 Å². The van der Waals surface area contributed by atoms with E-state index < -0.39 is 17.2 Å². The molecule has 2 aromatic rings. The number of hydrogen-bond donors (Lipinski definition) is 2. The quantitative estimate of drug-likeness (QED) is 0.670. The molecule has 1 fully saturated rings. The molecule has 1 amide bonds. The highest BCUT2D eigenvalue weighted by atomic mass is 19.2. The number of nitrogens with one attached hydrogen (secondary N) is 2. The molecule has 7 nitrogen and oxygen atoms in total. The van der Waals surface area contributed by atoms with Gasteiger partial charge in [-0.1, -0.05) is 18.2 Å². The number of methoxy groups -OCH3 is 1. The van der Waals surface area contributed by atoms with Crippen LogP contribution in [0.1, 0.15) is 12.0 Å². The summed E-state index contributed by atoms with van der Waals surface area (Å²) in [4.78, 5) is 19.2. The number of amidine groups is 1. The van der Waals surface area contributed by atoms with Crippen LogP contribution >= 0.6 is 0 Å². The number of aliphatic imine (C=N–C) groups is 1. The van der Waals surface area contributed by atoms with Crippen LogP contribution in [0, 0.1) is 11.6 Å². The van der Waals surface area contributed by atoms with Crippen molar-refractivity contribution in [1.29, 1.82) is 0 Å². The van der Waals surface area contributed by atoms with E-state index in [0.717, 1.165) is 29.2 Å². The first-order valence-electron chi connectivity index (χ1n) is 10.5. The van der Waals surface area contributed by atoms with Crippen molar-refractivity contribution in [2.75, 3.05) is 45.3 Å². The van der Waals surface area contributed by atoms with Crippen molar-refractivity contribution in [2.24, 2.45) is 4.99 Å². The zero-order valence-corrected chi connectivity index (χ0v) is 17.9. The van der Waals surface area contributed by atoms with E-state index in [1.165, 1.54) is 6.07 Å². The Morgan fingerprint density at radius 2 is 2.06 bits per heavy atom. The molecule has 170 valence electrons. The van der Waals surface area contributed by atoms with Gasteiger partial charge in [-0.2, -0.15) is 0 Å². The molecule has 0 aromatic heterocycles. The second-order valence-electron chi connectivity index (χ2n) is 7.87. The molecule has 1 spiro atoms. The predicted octanol–water partition coefficient (Wildman–Crippen LogP) is 2.57. The van der Waals surface area contributed by atoms with Gasteiger partial charge in [0.25, 0.3) is 5.91 Å². The van der Waals surface area contributed by atoms with E-state index in [4.69, 9.17) is 14.5 Å². The van der Waals surface area contributed by atoms with Crippen LogP contribution in [-0.2, 0) is 16.1 Å². The van der Waals surface area contributed by atoms with Gasteiger partial charge in [0.1, 0.15) is 11.6 Å². The lowest BCUT2D eigenvalue weighted by atomic mass is 9.96. The number of ether oxygens (including phenoxy) is 2. The average molecular weight is 444 g/mol. The number of halogens is 2. The number of carbonyl (C=O) groups excluding carboxylic acids is 1. The Morgan fingerprint density at radius 1 is 1.22 bits per heavy atom. The maximum absolute atomic E-state index is 13.4. The molecule has 2 aromatic carbocycles. The third-order valence-electron chi connectivity index (χ3n) is 5.78. The fourth-order valence-electron chi connectivity index (χ4n) is 3.99. The number of anilines is 1. The van der Waals surface area contributed by atoms with E-state index in [-0.39, 0.29) is 18.3 Å². The van der Waals surface area contributed by atoms with E-state index in [9.17, 15) is 13.6 Å². The Hall–Kier alpha value is -3.04. The smallest absolute Gasteiger partial charge is 0.260 e. The number of rotatable bonds is 6. The minimum absolute atomic E-state index is 0.109. The molecular formula is C23H26F2N4O3. The molecular weight excluding hydrogens is 418 g/mol. The number of likely N-dealkylation sites (tertiary alicyclic amines) is 1. The van der Waals surface area contributed by atoms with Crippen LogP contribution < -0.4 is 15.4 Å². The Morgan fingerprint density at radius 3 is 2.88 bits per heavy atom. The lowest BCUT2D eigenvalue weighted by molar-refractivity contribution is -0.132. The largest absolute Gasteiger partial charge is 0.484 e. The van der Waals surface area contributed by atoms with Gasteiger partial charge in [0.15, 0.2) is 18.2 Å². The molecule has 0 radical (unpaired) electrons. The summed E-state index contributed by atoms with van der Waals surface area (Å²) in [7, 11) is 1.63. The van der Waals surface area contributed by atoms with Crippen LogP contribution in [0.3, 0.4) is 0 Å². The number of fused-ring (bicyclic) bond motifs is 1. The van der Waals surface area contributed by atoms with Gasteiger partial charge in [-0.05, 0) is 30.2 Å². The maximum Gasteiger partial charge on any atom is 0.260 e. The Kier molecular flexibility index (Phi) is 6.66. The number of carbonyl (C=O) groups is 1. The van der Waals surface area contributed by atoms with E-state index in [1.807, 2.05) is 18.2 Å². The van der Waals surface area contributed by atoms with Crippen molar-refractivity contribution in [3.05, 3.63) is 59.7 Å². The summed E-state index contributed by atoms with van der Waals surface area (Å²) in [6.45, 7) is 2.31. The molecule has 2 N–H and O–H groups in total. The first kappa shape index (κ1) is 22.2. The van der Waals surface area contributed by atoms with Crippen LogP contribution in [0.5, 0.6) is 5.75 Å². The molecule has 0 saturated carbocycles. The maximum atomic E-state index is 13.4. The summed E-state index contributed by atoms with van der Waals surface area (Å²) in [5, 5.41) is 7.07. The summed E-state index contributed by atoms with van der Waals surface area (Å²) in [5.41, 5.74) is 1.58. The van der Waals surface area contributed by atoms with Crippen molar-refractivity contribution >= 4 is 17.4 Å². The van der Waals surface area contributed by atoms with Gasteiger partial charge in [0, 0.05) is 38.5 Å². The van der Waals surface area contributed by atoms with Gasteiger partial charge in [-0.3, -0.25) is 15.1 Å². The highest BCUT2D eigenvalue weighted by Crippen LogP contribution is 2.29. The number of hydrogen-bond acceptors (Lipinski definition) is 5. The fraction of sp³-hybridized carbons (Fsp3) is 0.391. The molecule has 0 aliphatic carbocycles. The minimum atomic E-state index is -1.01. The lowest BCUT2D eigenvalue weighted by Gasteiger charge is -2.30. The highest BCUT2D eigenvalue weighted by Gasteiger charge is 2.45. The summed E-state index contributed by atoms with van der Waals surface area (Å²) in [6.07, 6.45) is 0.677. The highest BCUT2D eigenvalue weighted by molar-refractivity contribution is 6.04. The van der Waals surface area contributed by atoms with Crippen LogP contribution in [0.25, 0.3) is 0 Å².